The largest absolute Gasteiger partial charge is 0.481 e. The predicted molar refractivity (Wildman–Crippen MR) is 143 cm³/mol. The van der Waals surface area contributed by atoms with Gasteiger partial charge in [0.2, 0.25) is 0 Å². The Balaban J connectivity index is 1.26. The molecule has 1 aliphatic carbocycles. The molecule has 1 amide bonds. The molecule has 6 nitrogen and oxygen atoms in total. The number of hydrogen-bond acceptors (Lipinski definition) is 7. The Bertz CT molecular complexity index is 1380. The van der Waals surface area contributed by atoms with Crippen molar-refractivity contribution in [3.05, 3.63) is 57.3 Å². The summed E-state index contributed by atoms with van der Waals surface area (Å²) in [6, 6.07) is 11.9. The van der Waals surface area contributed by atoms with Crippen molar-refractivity contribution in [2.24, 2.45) is 4.40 Å². The molecule has 1 fully saturated rings. The number of carbonyl (C=O) groups is 2. The molecule has 0 radical (unpaired) electrons. The highest BCUT2D eigenvalue weighted by Crippen LogP contribution is 2.52. The van der Waals surface area contributed by atoms with Gasteiger partial charge in [0, 0.05) is 20.5 Å². The van der Waals surface area contributed by atoms with E-state index in [0.29, 0.717) is 12.8 Å². The third kappa shape index (κ3) is 4.58. The highest BCUT2D eigenvalue weighted by Gasteiger charge is 2.53. The first-order valence-corrected chi connectivity index (χ1v) is 13.7. The highest BCUT2D eigenvalue weighted by atomic mass is 32.2. The molecule has 3 heterocycles. The van der Waals surface area contributed by atoms with Crippen molar-refractivity contribution >= 4 is 62.3 Å². The smallest absolute Gasteiger partial charge is 0.408 e. The van der Waals surface area contributed by atoms with Crippen LogP contribution >= 0.6 is 34.6 Å². The summed E-state index contributed by atoms with van der Waals surface area (Å²) in [5.41, 5.74) is 0.600. The molecule has 5 rings (SSSR count). The first-order valence-electron chi connectivity index (χ1n) is 11.2. The van der Waals surface area contributed by atoms with Crippen LogP contribution in [-0.2, 0) is 14.9 Å². The number of rotatable bonds is 5. The molecule has 3 aromatic rings. The van der Waals surface area contributed by atoms with Gasteiger partial charge in [-0.3, -0.25) is 4.79 Å². The molecule has 0 saturated heterocycles. The molecular weight excluding hydrogens is 500 g/mol. The molecule has 180 valence electrons. The van der Waals surface area contributed by atoms with Gasteiger partial charge < -0.3 is 15.2 Å². The maximum absolute atomic E-state index is 12.7. The number of carbonyl (C=O) groups excluding carboxylic acids is 1. The van der Waals surface area contributed by atoms with Crippen molar-refractivity contribution in [2.75, 3.05) is 0 Å². The van der Waals surface area contributed by atoms with Gasteiger partial charge in [-0.15, -0.1) is 22.7 Å². The van der Waals surface area contributed by atoms with Crippen LogP contribution in [0, 0.1) is 18.8 Å². The van der Waals surface area contributed by atoms with Gasteiger partial charge in [0.25, 0.3) is 0 Å². The Labute approximate surface area is 215 Å². The number of ether oxygens (including phenoxy) is 1. The van der Waals surface area contributed by atoms with Gasteiger partial charge in [-0.05, 0) is 68.8 Å². The summed E-state index contributed by atoms with van der Waals surface area (Å²) in [5.74, 6) is 5.75. The van der Waals surface area contributed by atoms with E-state index in [0.717, 1.165) is 30.3 Å². The maximum Gasteiger partial charge on any atom is 0.408 e. The number of aliphatic carboxylic acids is 1. The molecule has 35 heavy (non-hydrogen) atoms. The maximum atomic E-state index is 12.7. The van der Waals surface area contributed by atoms with Crippen LogP contribution in [0.4, 0.5) is 4.79 Å². The van der Waals surface area contributed by atoms with E-state index in [4.69, 9.17) is 4.74 Å². The van der Waals surface area contributed by atoms with Crippen molar-refractivity contribution in [1.82, 2.24) is 5.32 Å². The summed E-state index contributed by atoms with van der Waals surface area (Å²) >= 11 is 4.43. The quantitative estimate of drug-likeness (QED) is 0.312. The molecule has 2 N–H and O–H groups in total. The van der Waals surface area contributed by atoms with Crippen LogP contribution in [0.15, 0.2) is 40.8 Å². The zero-order valence-corrected chi connectivity index (χ0v) is 21.9. The van der Waals surface area contributed by atoms with E-state index >= 15 is 0 Å². The van der Waals surface area contributed by atoms with E-state index in [1.54, 1.807) is 28.9 Å². The number of fused-ring (bicyclic) bond motifs is 1. The van der Waals surface area contributed by atoms with Crippen LogP contribution in [0.2, 0.25) is 0 Å². The van der Waals surface area contributed by atoms with Gasteiger partial charge >= 0.3 is 12.1 Å². The molecule has 1 saturated carbocycles. The Morgan fingerprint density at radius 1 is 1.23 bits per heavy atom. The minimum absolute atomic E-state index is 0.263. The van der Waals surface area contributed by atoms with Crippen LogP contribution < -0.4 is 5.32 Å². The number of alkyl carbamates (subject to hydrolysis) is 1. The van der Waals surface area contributed by atoms with E-state index in [1.807, 2.05) is 57.2 Å². The molecule has 9 heteroatoms. The number of hydrogen-bond donors (Lipinski definition) is 2. The fourth-order valence-electron chi connectivity index (χ4n) is 4.13. The molecule has 2 aliphatic rings. The second-order valence-corrected chi connectivity index (χ2v) is 12.2. The highest BCUT2D eigenvalue weighted by molar-refractivity contribution is 7.99. The second-order valence-electron chi connectivity index (χ2n) is 9.14. The average molecular weight is 525 g/mol. The van der Waals surface area contributed by atoms with Crippen molar-refractivity contribution in [3.63, 3.8) is 0 Å². The minimum Gasteiger partial charge on any atom is -0.481 e. The summed E-state index contributed by atoms with van der Waals surface area (Å²) in [7, 11) is 0. The Kier molecular flexibility index (Phi) is 6.16. The number of benzene rings is 1. The number of amides is 1. The molecule has 3 unspecified atom stereocenters. The predicted octanol–water partition coefficient (Wildman–Crippen LogP) is 6.09. The molecule has 1 aliphatic heterocycles. The van der Waals surface area contributed by atoms with Crippen LogP contribution in [0.25, 0.3) is 9.40 Å². The number of nitrogens with one attached hydrogen (secondary N) is 1. The van der Waals surface area contributed by atoms with Gasteiger partial charge in [-0.1, -0.05) is 36.1 Å². The lowest BCUT2D eigenvalue weighted by Crippen LogP contribution is -2.52. The Hall–Kier alpha value is -2.80. The third-order valence-electron chi connectivity index (χ3n) is 6.48. The third-order valence-corrected chi connectivity index (χ3v) is 9.94. The zero-order valence-electron chi connectivity index (χ0n) is 19.5. The molecule has 1 aromatic carbocycles. The van der Waals surface area contributed by atoms with Gasteiger partial charge in [-0.25, -0.2) is 9.19 Å². The number of nitrogens with zero attached hydrogens (tertiary/aromatic N) is 1. The molecule has 0 spiro atoms. The number of thiophene rings is 2. The lowest BCUT2D eigenvalue weighted by atomic mass is 9.99. The van der Waals surface area contributed by atoms with E-state index in [-0.39, 0.29) is 11.4 Å². The van der Waals surface area contributed by atoms with Crippen LogP contribution in [0.3, 0.4) is 0 Å². The van der Waals surface area contributed by atoms with Crippen LogP contribution in [-0.4, -0.2) is 34.2 Å². The lowest BCUT2D eigenvalue weighted by molar-refractivity contribution is -0.139. The van der Waals surface area contributed by atoms with E-state index in [9.17, 15) is 14.7 Å². The molecule has 0 bridgehead atoms. The monoisotopic (exact) mass is 524 g/mol. The summed E-state index contributed by atoms with van der Waals surface area (Å²) < 4.78 is 12.1. The first kappa shape index (κ1) is 23.9. The fourth-order valence-corrected chi connectivity index (χ4v) is 7.48. The summed E-state index contributed by atoms with van der Waals surface area (Å²) in [4.78, 5) is 26.1. The molecular formula is C26H24N2O4S3. The fraction of sp³-hybridized carbons (Fsp3) is 0.346. The standard InChI is InChI=1S/C26H24N2O4S3/c1-15-6-4-5-7-18(15)16(2)32-24(31)28-25(3)14-27-35-21(25)9-8-17-12-19-20(33-17)13-22(34-19)26(10-11-26)23(29)30/h4-7,12-14,16,21H,10-11H2,1-3H3,(H,28,31)(H,29,30). The van der Waals surface area contributed by atoms with E-state index in [2.05, 4.69) is 21.6 Å². The van der Waals surface area contributed by atoms with Crippen LogP contribution in [0.1, 0.15) is 53.7 Å². The topological polar surface area (TPSA) is 88.0 Å². The van der Waals surface area contributed by atoms with Crippen molar-refractivity contribution in [2.45, 2.75) is 55.9 Å². The first-order chi connectivity index (χ1) is 16.7. The number of carboxylic acids is 1. The van der Waals surface area contributed by atoms with Gasteiger partial charge in [0.1, 0.15) is 22.3 Å². The van der Waals surface area contributed by atoms with Crippen molar-refractivity contribution < 1.29 is 19.4 Å². The van der Waals surface area contributed by atoms with Crippen molar-refractivity contribution in [1.29, 1.82) is 0 Å². The zero-order chi connectivity index (χ0) is 24.8. The van der Waals surface area contributed by atoms with Gasteiger partial charge in [-0.2, -0.15) is 0 Å². The van der Waals surface area contributed by atoms with Gasteiger partial charge in [0.05, 0.1) is 4.88 Å². The Morgan fingerprint density at radius 2 is 1.97 bits per heavy atom. The Morgan fingerprint density at radius 3 is 2.66 bits per heavy atom. The van der Waals surface area contributed by atoms with E-state index in [1.165, 1.54) is 11.9 Å². The molecule has 3 atom stereocenters. The van der Waals surface area contributed by atoms with Crippen molar-refractivity contribution in [3.8, 4) is 11.8 Å². The number of carboxylic acid groups (broad SMARTS) is 1. The van der Waals surface area contributed by atoms with E-state index < -0.39 is 23.0 Å². The van der Waals surface area contributed by atoms with Gasteiger partial charge in [0.15, 0.2) is 0 Å². The summed E-state index contributed by atoms with van der Waals surface area (Å²) in [5, 5.41) is 12.2. The average Bonchev–Trinajstić information content (AvgIpc) is 3.21. The minimum atomic E-state index is -0.762. The normalized spacial score (nSPS) is 22.9. The summed E-state index contributed by atoms with van der Waals surface area (Å²) in [6.45, 7) is 5.73. The lowest BCUT2D eigenvalue weighted by Gasteiger charge is -2.27. The SMILES string of the molecule is Cc1ccccc1C(C)OC(=O)NC1(C)C=NSC1C#Cc1cc2sc(C3(C(=O)O)CC3)cc2s1. The summed E-state index contributed by atoms with van der Waals surface area (Å²) in [6.07, 6.45) is 2.23. The van der Waals surface area contributed by atoms with Crippen LogP contribution in [0.5, 0.6) is 0 Å². The molecule has 2 aromatic heterocycles. The number of aryl methyl sites for hydroxylation is 1. The second kappa shape index (κ2) is 9.01.